The Morgan fingerprint density at radius 3 is 3.00 bits per heavy atom. The van der Waals surface area contributed by atoms with Crippen molar-refractivity contribution in [2.24, 2.45) is 5.92 Å². The third kappa shape index (κ3) is 3.85. The van der Waals surface area contributed by atoms with Crippen LogP contribution in [-0.4, -0.2) is 17.5 Å². The highest BCUT2D eigenvalue weighted by molar-refractivity contribution is 6.33. The van der Waals surface area contributed by atoms with Gasteiger partial charge in [0.1, 0.15) is 0 Å². The second-order valence-electron chi connectivity index (χ2n) is 3.49. The highest BCUT2D eigenvalue weighted by Crippen LogP contribution is 2.12. The van der Waals surface area contributed by atoms with Crippen LogP contribution in [0.5, 0.6) is 0 Å². The number of rotatable bonds is 4. The van der Waals surface area contributed by atoms with Crippen LogP contribution in [0.3, 0.4) is 0 Å². The van der Waals surface area contributed by atoms with E-state index in [0.29, 0.717) is 23.1 Å². The minimum atomic E-state index is -0.358. The quantitative estimate of drug-likeness (QED) is 0.803. The second kappa shape index (κ2) is 5.68. The number of amides is 1. The number of nitrogens with zero attached hydrogens (tertiary/aromatic N) is 1. The van der Waals surface area contributed by atoms with Crippen LogP contribution in [0.1, 0.15) is 24.2 Å². The molecule has 0 aliphatic heterocycles. The molecule has 0 fully saturated rings. The molecule has 82 valence electrons. The first-order valence-electron chi connectivity index (χ1n) is 4.63. The fraction of sp³-hybridized carbons (Fsp3) is 0.400. The number of carbonyl (C=O) groups excluding carboxylic acids is 1. The molecular weight excluding hydrogens is 216 g/mol. The summed E-state index contributed by atoms with van der Waals surface area (Å²) >= 11 is 5.78. The van der Waals surface area contributed by atoms with Crippen molar-refractivity contribution < 1.29 is 9.63 Å². The number of aromatic nitrogens is 1. The van der Waals surface area contributed by atoms with Gasteiger partial charge in [-0.1, -0.05) is 25.4 Å². The van der Waals surface area contributed by atoms with E-state index >= 15 is 0 Å². The standard InChI is InChI=1S/C10H13ClN2O2/c1-7(2)6-15-13-10(14)8-3-4-12-5-9(8)11/h3-5,7H,6H2,1-2H3,(H,13,14). The fourth-order valence-corrected chi connectivity index (χ4v) is 1.09. The minimum absolute atomic E-state index is 0.308. The number of halogens is 1. The van der Waals surface area contributed by atoms with Crippen molar-refractivity contribution in [1.29, 1.82) is 0 Å². The molecule has 0 saturated carbocycles. The molecule has 1 aromatic heterocycles. The molecule has 1 heterocycles. The van der Waals surface area contributed by atoms with Gasteiger partial charge in [0.05, 0.1) is 17.2 Å². The molecule has 0 radical (unpaired) electrons. The Balaban J connectivity index is 2.51. The van der Waals surface area contributed by atoms with Gasteiger partial charge in [0, 0.05) is 12.4 Å². The topological polar surface area (TPSA) is 51.2 Å². The van der Waals surface area contributed by atoms with E-state index in [2.05, 4.69) is 10.5 Å². The van der Waals surface area contributed by atoms with Crippen LogP contribution in [0, 0.1) is 5.92 Å². The molecule has 0 saturated heterocycles. The van der Waals surface area contributed by atoms with Crippen LogP contribution in [0.25, 0.3) is 0 Å². The van der Waals surface area contributed by atoms with Crippen LogP contribution in [0.4, 0.5) is 0 Å². The molecule has 0 aliphatic rings. The summed E-state index contributed by atoms with van der Waals surface area (Å²) in [7, 11) is 0. The number of carbonyl (C=O) groups is 1. The molecule has 1 amide bonds. The largest absolute Gasteiger partial charge is 0.276 e. The maximum absolute atomic E-state index is 11.5. The van der Waals surface area contributed by atoms with E-state index in [4.69, 9.17) is 16.4 Å². The maximum atomic E-state index is 11.5. The van der Waals surface area contributed by atoms with Crippen molar-refractivity contribution in [3.05, 3.63) is 29.0 Å². The first kappa shape index (κ1) is 11.9. The van der Waals surface area contributed by atoms with Crippen LogP contribution < -0.4 is 5.48 Å². The third-order valence-corrected chi connectivity index (χ3v) is 1.90. The first-order chi connectivity index (χ1) is 7.11. The predicted octanol–water partition coefficient (Wildman–Crippen LogP) is 2.05. The van der Waals surface area contributed by atoms with Gasteiger partial charge in [-0.15, -0.1) is 0 Å². The highest BCUT2D eigenvalue weighted by Gasteiger charge is 2.09. The molecule has 0 aromatic carbocycles. The number of pyridine rings is 1. The fourth-order valence-electron chi connectivity index (χ4n) is 0.888. The van der Waals surface area contributed by atoms with Crippen LogP contribution in [-0.2, 0) is 4.84 Å². The van der Waals surface area contributed by atoms with Gasteiger partial charge < -0.3 is 0 Å². The van der Waals surface area contributed by atoms with E-state index in [0.717, 1.165) is 0 Å². The zero-order valence-electron chi connectivity index (χ0n) is 8.66. The van der Waals surface area contributed by atoms with Gasteiger partial charge in [-0.3, -0.25) is 14.6 Å². The van der Waals surface area contributed by atoms with Crippen molar-refractivity contribution in [3.63, 3.8) is 0 Å². The predicted molar refractivity (Wildman–Crippen MR) is 57.5 cm³/mol. The molecular formula is C10H13ClN2O2. The summed E-state index contributed by atoms with van der Waals surface area (Å²) in [4.78, 5) is 20.3. The smallest absolute Gasteiger partial charge is 0.273 e. The Hall–Kier alpha value is -1.13. The Morgan fingerprint density at radius 2 is 2.40 bits per heavy atom. The molecule has 0 spiro atoms. The summed E-state index contributed by atoms with van der Waals surface area (Å²) < 4.78 is 0. The summed E-state index contributed by atoms with van der Waals surface area (Å²) in [6.07, 6.45) is 2.92. The third-order valence-electron chi connectivity index (χ3n) is 1.60. The van der Waals surface area contributed by atoms with E-state index in [9.17, 15) is 4.79 Å². The van der Waals surface area contributed by atoms with Crippen molar-refractivity contribution in [3.8, 4) is 0 Å². The summed E-state index contributed by atoms with van der Waals surface area (Å²) in [5, 5.41) is 0.308. The Kier molecular flexibility index (Phi) is 4.52. The number of hydrogen-bond acceptors (Lipinski definition) is 3. The van der Waals surface area contributed by atoms with Crippen LogP contribution >= 0.6 is 11.6 Å². The lowest BCUT2D eigenvalue weighted by molar-refractivity contribution is 0.0208. The van der Waals surface area contributed by atoms with Crippen molar-refractivity contribution in [2.45, 2.75) is 13.8 Å². The van der Waals surface area contributed by atoms with Gasteiger partial charge in [-0.2, -0.15) is 0 Å². The molecule has 4 nitrogen and oxygen atoms in total. The van der Waals surface area contributed by atoms with Gasteiger partial charge in [0.25, 0.3) is 5.91 Å². The van der Waals surface area contributed by atoms with E-state index in [1.54, 1.807) is 0 Å². The Morgan fingerprint density at radius 1 is 1.67 bits per heavy atom. The average molecular weight is 229 g/mol. The second-order valence-corrected chi connectivity index (χ2v) is 3.90. The van der Waals surface area contributed by atoms with Gasteiger partial charge in [0.2, 0.25) is 0 Å². The van der Waals surface area contributed by atoms with Crippen molar-refractivity contribution in [2.75, 3.05) is 6.61 Å². The molecule has 0 unspecified atom stereocenters. The number of hydroxylamine groups is 1. The lowest BCUT2D eigenvalue weighted by Gasteiger charge is -2.08. The van der Waals surface area contributed by atoms with E-state index < -0.39 is 0 Å². The number of nitrogens with one attached hydrogen (secondary N) is 1. The van der Waals surface area contributed by atoms with Gasteiger partial charge in [0.15, 0.2) is 0 Å². The van der Waals surface area contributed by atoms with Gasteiger partial charge in [-0.05, 0) is 12.0 Å². The molecule has 1 N–H and O–H groups in total. The van der Waals surface area contributed by atoms with E-state index in [1.807, 2.05) is 13.8 Å². The normalized spacial score (nSPS) is 10.4. The molecule has 5 heteroatoms. The summed E-state index contributed by atoms with van der Waals surface area (Å²) in [5.41, 5.74) is 2.68. The van der Waals surface area contributed by atoms with E-state index in [1.165, 1.54) is 18.5 Å². The summed E-state index contributed by atoms with van der Waals surface area (Å²) in [6, 6.07) is 1.54. The average Bonchev–Trinajstić information content (AvgIpc) is 2.17. The maximum Gasteiger partial charge on any atom is 0.276 e. The molecule has 1 aromatic rings. The Labute approximate surface area is 93.6 Å². The SMILES string of the molecule is CC(C)CONC(=O)c1ccncc1Cl. The lowest BCUT2D eigenvalue weighted by Crippen LogP contribution is -2.25. The summed E-state index contributed by atoms with van der Waals surface area (Å²) in [5.74, 6) is 0.00117. The highest BCUT2D eigenvalue weighted by atomic mass is 35.5. The molecule has 1 rings (SSSR count). The van der Waals surface area contributed by atoms with Gasteiger partial charge >= 0.3 is 0 Å². The molecule has 0 bridgehead atoms. The van der Waals surface area contributed by atoms with Crippen LogP contribution in [0.15, 0.2) is 18.5 Å². The van der Waals surface area contributed by atoms with Gasteiger partial charge in [-0.25, -0.2) is 5.48 Å². The van der Waals surface area contributed by atoms with E-state index in [-0.39, 0.29) is 5.91 Å². The first-order valence-corrected chi connectivity index (χ1v) is 5.00. The lowest BCUT2D eigenvalue weighted by atomic mass is 10.2. The molecule has 0 aliphatic carbocycles. The van der Waals surface area contributed by atoms with Crippen molar-refractivity contribution >= 4 is 17.5 Å². The molecule has 15 heavy (non-hydrogen) atoms. The monoisotopic (exact) mass is 228 g/mol. The van der Waals surface area contributed by atoms with Crippen molar-refractivity contribution in [1.82, 2.24) is 10.5 Å². The molecule has 0 atom stereocenters. The summed E-state index contributed by atoms with van der Waals surface area (Å²) in [6.45, 7) is 4.45. The minimum Gasteiger partial charge on any atom is -0.273 e. The number of hydrogen-bond donors (Lipinski definition) is 1. The van der Waals surface area contributed by atoms with Crippen LogP contribution in [0.2, 0.25) is 5.02 Å². The zero-order valence-corrected chi connectivity index (χ0v) is 9.41. The zero-order chi connectivity index (χ0) is 11.3. The Bertz CT molecular complexity index is 342.